The SMILES string of the molecule is Cc1cccc(NCCOc2ccc(Cl)cc2Br)c1C(N)=O. The second-order valence-electron chi connectivity index (χ2n) is 4.71. The summed E-state index contributed by atoms with van der Waals surface area (Å²) in [4.78, 5) is 11.5. The first-order valence-electron chi connectivity index (χ1n) is 6.70. The Kier molecular flexibility index (Phi) is 5.69. The molecule has 0 aliphatic heterocycles. The second-order valence-corrected chi connectivity index (χ2v) is 6.00. The Labute approximate surface area is 142 Å². The highest BCUT2D eigenvalue weighted by Gasteiger charge is 2.10. The fraction of sp³-hybridized carbons (Fsp3) is 0.188. The van der Waals surface area contributed by atoms with Gasteiger partial charge in [-0.05, 0) is 52.7 Å². The predicted octanol–water partition coefficient (Wildman–Crippen LogP) is 4.00. The number of nitrogens with one attached hydrogen (secondary N) is 1. The molecule has 0 atom stereocenters. The molecule has 0 unspecified atom stereocenters. The van der Waals surface area contributed by atoms with Gasteiger partial charge in [0, 0.05) is 17.3 Å². The minimum absolute atomic E-state index is 0.437. The van der Waals surface area contributed by atoms with Crippen LogP contribution in [-0.2, 0) is 0 Å². The third-order valence-corrected chi connectivity index (χ3v) is 3.94. The Morgan fingerprint density at radius 2 is 2.14 bits per heavy atom. The molecular formula is C16H16BrClN2O2. The number of carbonyl (C=O) groups excluding carboxylic acids is 1. The summed E-state index contributed by atoms with van der Waals surface area (Å²) in [6.45, 7) is 2.83. The van der Waals surface area contributed by atoms with Crippen LogP contribution < -0.4 is 15.8 Å². The molecule has 0 spiro atoms. The van der Waals surface area contributed by atoms with Crippen LogP contribution in [-0.4, -0.2) is 19.1 Å². The lowest BCUT2D eigenvalue weighted by molar-refractivity contribution is 0.100. The van der Waals surface area contributed by atoms with Crippen molar-refractivity contribution in [3.63, 3.8) is 0 Å². The van der Waals surface area contributed by atoms with Crippen LogP contribution >= 0.6 is 27.5 Å². The number of carbonyl (C=O) groups is 1. The molecule has 0 fully saturated rings. The van der Waals surface area contributed by atoms with E-state index in [1.54, 1.807) is 18.2 Å². The lowest BCUT2D eigenvalue weighted by Crippen LogP contribution is -2.18. The first-order valence-corrected chi connectivity index (χ1v) is 7.87. The average molecular weight is 384 g/mol. The van der Waals surface area contributed by atoms with Crippen molar-refractivity contribution in [2.75, 3.05) is 18.5 Å². The Morgan fingerprint density at radius 1 is 1.36 bits per heavy atom. The van der Waals surface area contributed by atoms with Crippen LogP contribution in [0, 0.1) is 6.92 Å². The quantitative estimate of drug-likeness (QED) is 0.741. The van der Waals surface area contributed by atoms with Crippen molar-refractivity contribution in [3.05, 3.63) is 57.0 Å². The first-order chi connectivity index (χ1) is 10.5. The van der Waals surface area contributed by atoms with E-state index in [4.69, 9.17) is 22.1 Å². The number of primary amides is 1. The second kappa shape index (κ2) is 7.51. The summed E-state index contributed by atoms with van der Waals surface area (Å²) in [6.07, 6.45) is 0. The van der Waals surface area contributed by atoms with E-state index in [1.807, 2.05) is 25.1 Å². The molecule has 0 radical (unpaired) electrons. The predicted molar refractivity (Wildman–Crippen MR) is 92.8 cm³/mol. The van der Waals surface area contributed by atoms with Crippen molar-refractivity contribution in [2.24, 2.45) is 5.73 Å². The van der Waals surface area contributed by atoms with Gasteiger partial charge in [-0.15, -0.1) is 0 Å². The van der Waals surface area contributed by atoms with Crippen LogP contribution in [0.4, 0.5) is 5.69 Å². The van der Waals surface area contributed by atoms with Gasteiger partial charge in [0.1, 0.15) is 12.4 Å². The van der Waals surface area contributed by atoms with Gasteiger partial charge in [-0.1, -0.05) is 23.7 Å². The molecule has 2 aromatic carbocycles. The standard InChI is InChI=1S/C16H16BrClN2O2/c1-10-3-2-4-13(15(10)16(19)21)20-7-8-22-14-6-5-11(18)9-12(14)17/h2-6,9,20H,7-8H2,1H3,(H2,19,21). The van der Waals surface area contributed by atoms with Gasteiger partial charge >= 0.3 is 0 Å². The number of ether oxygens (including phenoxy) is 1. The van der Waals surface area contributed by atoms with Crippen molar-refractivity contribution in [3.8, 4) is 5.75 Å². The molecule has 0 bridgehead atoms. The monoisotopic (exact) mass is 382 g/mol. The molecule has 116 valence electrons. The summed E-state index contributed by atoms with van der Waals surface area (Å²) >= 11 is 9.27. The molecule has 3 N–H and O–H groups in total. The van der Waals surface area contributed by atoms with Gasteiger partial charge in [0.15, 0.2) is 0 Å². The normalized spacial score (nSPS) is 10.3. The van der Waals surface area contributed by atoms with Gasteiger partial charge in [0.2, 0.25) is 0 Å². The van der Waals surface area contributed by atoms with E-state index < -0.39 is 5.91 Å². The zero-order chi connectivity index (χ0) is 16.1. The molecule has 22 heavy (non-hydrogen) atoms. The van der Waals surface area contributed by atoms with Crippen LogP contribution in [0.25, 0.3) is 0 Å². The summed E-state index contributed by atoms with van der Waals surface area (Å²) in [7, 11) is 0. The Hall–Kier alpha value is -1.72. The molecule has 6 heteroatoms. The van der Waals surface area contributed by atoms with Gasteiger partial charge in [0.05, 0.1) is 10.0 Å². The van der Waals surface area contributed by atoms with Crippen molar-refractivity contribution < 1.29 is 9.53 Å². The Morgan fingerprint density at radius 3 is 2.82 bits per heavy atom. The van der Waals surface area contributed by atoms with Gasteiger partial charge in [0.25, 0.3) is 5.91 Å². The zero-order valence-corrected chi connectivity index (χ0v) is 14.4. The smallest absolute Gasteiger partial charge is 0.251 e. The molecule has 0 aliphatic rings. The number of hydrogen-bond donors (Lipinski definition) is 2. The van der Waals surface area contributed by atoms with Crippen molar-refractivity contribution >= 4 is 39.1 Å². The highest BCUT2D eigenvalue weighted by Crippen LogP contribution is 2.28. The van der Waals surface area contributed by atoms with E-state index in [9.17, 15) is 4.79 Å². The van der Waals surface area contributed by atoms with E-state index in [0.29, 0.717) is 35.2 Å². The summed E-state index contributed by atoms with van der Waals surface area (Å²) in [5.41, 5.74) is 7.49. The highest BCUT2D eigenvalue weighted by atomic mass is 79.9. The molecule has 0 aliphatic carbocycles. The van der Waals surface area contributed by atoms with Crippen molar-refractivity contribution in [1.29, 1.82) is 0 Å². The molecule has 2 rings (SSSR count). The molecule has 0 aromatic heterocycles. The number of rotatable bonds is 6. The van der Waals surface area contributed by atoms with Crippen LogP contribution in [0.5, 0.6) is 5.75 Å². The average Bonchev–Trinajstić information content (AvgIpc) is 2.45. The summed E-state index contributed by atoms with van der Waals surface area (Å²) in [6, 6.07) is 10.9. The fourth-order valence-corrected chi connectivity index (χ4v) is 2.88. The zero-order valence-electron chi connectivity index (χ0n) is 12.0. The maximum Gasteiger partial charge on any atom is 0.251 e. The Balaban J connectivity index is 1.95. The van der Waals surface area contributed by atoms with Crippen LogP contribution in [0.1, 0.15) is 15.9 Å². The van der Waals surface area contributed by atoms with Crippen LogP contribution in [0.3, 0.4) is 0 Å². The third-order valence-electron chi connectivity index (χ3n) is 3.09. The van der Waals surface area contributed by atoms with Gasteiger partial charge in [-0.2, -0.15) is 0 Å². The molecule has 0 heterocycles. The van der Waals surface area contributed by atoms with Crippen LogP contribution in [0.2, 0.25) is 5.02 Å². The Bertz CT molecular complexity index is 692. The number of anilines is 1. The molecule has 0 saturated heterocycles. The molecule has 2 aromatic rings. The molecule has 4 nitrogen and oxygen atoms in total. The molecule has 1 amide bonds. The lowest BCUT2D eigenvalue weighted by Gasteiger charge is -2.13. The number of halogens is 2. The largest absolute Gasteiger partial charge is 0.491 e. The number of aryl methyl sites for hydroxylation is 1. The molecule has 0 saturated carbocycles. The highest BCUT2D eigenvalue weighted by molar-refractivity contribution is 9.10. The number of benzene rings is 2. The van der Waals surface area contributed by atoms with E-state index in [1.165, 1.54) is 0 Å². The van der Waals surface area contributed by atoms with Crippen LogP contribution in [0.15, 0.2) is 40.9 Å². The first kappa shape index (κ1) is 16.6. The minimum Gasteiger partial charge on any atom is -0.491 e. The number of hydrogen-bond acceptors (Lipinski definition) is 3. The van der Waals surface area contributed by atoms with E-state index >= 15 is 0 Å². The third kappa shape index (κ3) is 4.15. The van der Waals surface area contributed by atoms with Gasteiger partial charge < -0.3 is 15.8 Å². The van der Waals surface area contributed by atoms with E-state index in [2.05, 4.69) is 21.2 Å². The maximum atomic E-state index is 11.5. The summed E-state index contributed by atoms with van der Waals surface area (Å²) in [5, 5.41) is 3.81. The maximum absolute atomic E-state index is 11.5. The minimum atomic E-state index is -0.443. The fourth-order valence-electron chi connectivity index (χ4n) is 2.08. The topological polar surface area (TPSA) is 64.3 Å². The van der Waals surface area contributed by atoms with Gasteiger partial charge in [-0.25, -0.2) is 0 Å². The number of amides is 1. The molecular weight excluding hydrogens is 368 g/mol. The lowest BCUT2D eigenvalue weighted by atomic mass is 10.1. The van der Waals surface area contributed by atoms with Gasteiger partial charge in [-0.3, -0.25) is 4.79 Å². The summed E-state index contributed by atoms with van der Waals surface area (Å²) < 4.78 is 6.46. The summed E-state index contributed by atoms with van der Waals surface area (Å²) in [5.74, 6) is 0.271. The van der Waals surface area contributed by atoms with E-state index in [-0.39, 0.29) is 0 Å². The van der Waals surface area contributed by atoms with Crippen molar-refractivity contribution in [2.45, 2.75) is 6.92 Å². The van der Waals surface area contributed by atoms with Crippen molar-refractivity contribution in [1.82, 2.24) is 0 Å². The number of nitrogens with two attached hydrogens (primary N) is 1. The van der Waals surface area contributed by atoms with E-state index in [0.717, 1.165) is 10.0 Å².